The van der Waals surface area contributed by atoms with Crippen molar-refractivity contribution < 1.29 is 9.59 Å². The summed E-state index contributed by atoms with van der Waals surface area (Å²) >= 11 is 12.3. The Morgan fingerprint density at radius 3 is 2.33 bits per heavy atom. The van der Waals surface area contributed by atoms with Crippen molar-refractivity contribution in [3.63, 3.8) is 0 Å². The number of amides is 2. The average molecular weight is 403 g/mol. The van der Waals surface area contributed by atoms with E-state index in [2.05, 4.69) is 12.2 Å². The van der Waals surface area contributed by atoms with Gasteiger partial charge in [-0.15, -0.1) is 0 Å². The summed E-state index contributed by atoms with van der Waals surface area (Å²) in [5, 5.41) is 3.33. The quantitative estimate of drug-likeness (QED) is 0.655. The Morgan fingerprint density at radius 1 is 1.00 bits per heavy atom. The lowest BCUT2D eigenvalue weighted by molar-refractivity contribution is -0.120. The Balaban J connectivity index is 1.81. The molecule has 0 unspecified atom stereocenters. The van der Waals surface area contributed by atoms with Crippen LogP contribution in [-0.4, -0.2) is 11.8 Å². The molecule has 2 aromatic carbocycles. The molecule has 6 heteroatoms. The Bertz CT molecular complexity index is 920. The van der Waals surface area contributed by atoms with Crippen LogP contribution >= 0.6 is 23.2 Å². The number of imide groups is 1. The minimum absolute atomic E-state index is 0.0691. The van der Waals surface area contributed by atoms with Crippen molar-refractivity contribution in [2.75, 3.05) is 10.2 Å². The summed E-state index contributed by atoms with van der Waals surface area (Å²) < 4.78 is 0. The molecule has 1 aliphatic heterocycles. The molecule has 0 aliphatic carbocycles. The summed E-state index contributed by atoms with van der Waals surface area (Å²) in [4.78, 5) is 26.3. The summed E-state index contributed by atoms with van der Waals surface area (Å²) in [5.41, 5.74) is 3.26. The first-order chi connectivity index (χ1) is 12.9. The first-order valence-electron chi connectivity index (χ1n) is 8.83. The maximum absolute atomic E-state index is 12.8. The van der Waals surface area contributed by atoms with Gasteiger partial charge in [-0.3, -0.25) is 9.59 Å². The summed E-state index contributed by atoms with van der Waals surface area (Å²) in [6.45, 7) is 4.00. The van der Waals surface area contributed by atoms with Crippen molar-refractivity contribution >= 4 is 46.4 Å². The van der Waals surface area contributed by atoms with Crippen LogP contribution in [0.25, 0.3) is 0 Å². The van der Waals surface area contributed by atoms with Crippen LogP contribution in [-0.2, 0) is 16.0 Å². The van der Waals surface area contributed by atoms with E-state index >= 15 is 0 Å². The molecular weight excluding hydrogens is 383 g/mol. The molecule has 0 bridgehead atoms. The van der Waals surface area contributed by atoms with Crippen LogP contribution < -0.4 is 10.2 Å². The van der Waals surface area contributed by atoms with Gasteiger partial charge >= 0.3 is 0 Å². The smallest absolute Gasteiger partial charge is 0.283 e. The number of hydrogen-bond acceptors (Lipinski definition) is 3. The zero-order valence-electron chi connectivity index (χ0n) is 15.2. The SMILES string of the molecule is CCCCc1ccc(NC2=C(Cl)C(=O)N(c3ccc(C)c(Cl)c3)C2=O)cc1. The zero-order valence-corrected chi connectivity index (χ0v) is 16.7. The largest absolute Gasteiger partial charge is 0.350 e. The zero-order chi connectivity index (χ0) is 19.6. The predicted molar refractivity (Wildman–Crippen MR) is 110 cm³/mol. The van der Waals surface area contributed by atoms with Gasteiger partial charge in [0.05, 0.1) is 5.69 Å². The lowest BCUT2D eigenvalue weighted by atomic mass is 10.1. The number of nitrogens with one attached hydrogen (secondary N) is 1. The highest BCUT2D eigenvalue weighted by atomic mass is 35.5. The molecule has 0 atom stereocenters. The third-order valence-electron chi connectivity index (χ3n) is 4.48. The van der Waals surface area contributed by atoms with Crippen molar-refractivity contribution in [2.24, 2.45) is 0 Å². The normalized spacial score (nSPS) is 14.3. The summed E-state index contributed by atoms with van der Waals surface area (Å²) in [5.74, 6) is -1.07. The number of benzene rings is 2. The molecule has 140 valence electrons. The van der Waals surface area contributed by atoms with Crippen molar-refractivity contribution in [1.82, 2.24) is 0 Å². The van der Waals surface area contributed by atoms with Crippen LogP contribution in [0.15, 0.2) is 53.2 Å². The predicted octanol–water partition coefficient (Wildman–Crippen LogP) is 5.43. The minimum atomic E-state index is -0.566. The molecule has 2 amide bonds. The van der Waals surface area contributed by atoms with Gasteiger partial charge in [0.25, 0.3) is 11.8 Å². The number of hydrogen-bond donors (Lipinski definition) is 1. The fourth-order valence-corrected chi connectivity index (χ4v) is 3.23. The van der Waals surface area contributed by atoms with Crippen LogP contribution in [0.5, 0.6) is 0 Å². The first-order valence-corrected chi connectivity index (χ1v) is 9.58. The van der Waals surface area contributed by atoms with E-state index in [0.29, 0.717) is 16.4 Å². The molecule has 0 fully saturated rings. The highest BCUT2D eigenvalue weighted by Crippen LogP contribution is 2.32. The molecule has 1 aliphatic rings. The Labute approximate surface area is 168 Å². The molecule has 1 N–H and O–H groups in total. The van der Waals surface area contributed by atoms with E-state index in [1.54, 1.807) is 18.2 Å². The van der Waals surface area contributed by atoms with Crippen molar-refractivity contribution in [3.05, 3.63) is 69.3 Å². The fraction of sp³-hybridized carbons (Fsp3) is 0.238. The summed E-state index contributed by atoms with van der Waals surface area (Å²) in [6, 6.07) is 12.8. The minimum Gasteiger partial charge on any atom is -0.350 e. The van der Waals surface area contributed by atoms with Crippen LogP contribution in [0.1, 0.15) is 30.9 Å². The second-order valence-corrected chi connectivity index (χ2v) is 7.28. The fourth-order valence-electron chi connectivity index (χ4n) is 2.85. The van der Waals surface area contributed by atoms with Crippen LogP contribution in [0.4, 0.5) is 11.4 Å². The van der Waals surface area contributed by atoms with Crippen molar-refractivity contribution in [1.29, 1.82) is 0 Å². The standard InChI is InChI=1S/C21H20Cl2N2O2/c1-3-4-5-14-7-9-15(10-8-14)24-19-18(23)20(26)25(21(19)27)16-11-6-13(2)17(22)12-16/h6-12,24H,3-5H2,1-2H3. The third-order valence-corrected chi connectivity index (χ3v) is 5.24. The number of rotatable bonds is 6. The summed E-state index contributed by atoms with van der Waals surface area (Å²) in [6.07, 6.45) is 3.28. The van der Waals surface area contributed by atoms with Gasteiger partial charge in [-0.05, 0) is 55.2 Å². The second-order valence-electron chi connectivity index (χ2n) is 6.49. The number of aryl methyl sites for hydroxylation is 2. The molecular formula is C21H20Cl2N2O2. The lowest BCUT2D eigenvalue weighted by Gasteiger charge is -2.16. The Kier molecular flexibility index (Phi) is 5.88. The first kappa shape index (κ1) is 19.5. The molecule has 1 heterocycles. The van der Waals surface area contributed by atoms with Gasteiger partial charge in [0.2, 0.25) is 0 Å². The topological polar surface area (TPSA) is 49.4 Å². The molecule has 0 aromatic heterocycles. The highest BCUT2D eigenvalue weighted by Gasteiger charge is 2.39. The molecule has 0 spiro atoms. The van der Waals surface area contributed by atoms with Crippen molar-refractivity contribution in [3.8, 4) is 0 Å². The number of halogens is 2. The van der Waals surface area contributed by atoms with E-state index in [1.807, 2.05) is 31.2 Å². The Morgan fingerprint density at radius 2 is 1.70 bits per heavy atom. The number of anilines is 2. The van der Waals surface area contributed by atoms with Gasteiger partial charge in [-0.25, -0.2) is 4.90 Å². The monoisotopic (exact) mass is 402 g/mol. The molecule has 0 radical (unpaired) electrons. The van der Waals surface area contributed by atoms with Crippen LogP contribution in [0.2, 0.25) is 5.02 Å². The van der Waals surface area contributed by atoms with E-state index in [-0.39, 0.29) is 10.7 Å². The average Bonchev–Trinajstić information content (AvgIpc) is 2.87. The van der Waals surface area contributed by atoms with Gasteiger partial charge in [0, 0.05) is 10.7 Å². The Hall–Kier alpha value is -2.30. The van der Waals surface area contributed by atoms with Gasteiger partial charge in [-0.1, -0.05) is 54.7 Å². The van der Waals surface area contributed by atoms with E-state index in [4.69, 9.17) is 23.2 Å². The van der Waals surface area contributed by atoms with Crippen LogP contribution in [0, 0.1) is 6.92 Å². The number of unbranched alkanes of at least 4 members (excludes halogenated alkanes) is 1. The molecule has 2 aromatic rings. The number of nitrogens with zero attached hydrogens (tertiary/aromatic N) is 1. The van der Waals surface area contributed by atoms with Gasteiger partial charge < -0.3 is 5.32 Å². The lowest BCUT2D eigenvalue weighted by Crippen LogP contribution is -2.32. The number of carbonyl (C=O) groups is 2. The summed E-state index contributed by atoms with van der Waals surface area (Å²) in [7, 11) is 0. The molecule has 0 saturated carbocycles. The molecule has 27 heavy (non-hydrogen) atoms. The van der Waals surface area contributed by atoms with Crippen LogP contribution in [0.3, 0.4) is 0 Å². The van der Waals surface area contributed by atoms with Gasteiger partial charge in [0.1, 0.15) is 10.7 Å². The highest BCUT2D eigenvalue weighted by molar-refractivity contribution is 6.53. The maximum atomic E-state index is 12.8. The molecule has 4 nitrogen and oxygen atoms in total. The van der Waals surface area contributed by atoms with E-state index in [9.17, 15) is 9.59 Å². The second kappa shape index (κ2) is 8.15. The van der Waals surface area contributed by atoms with Gasteiger partial charge in [-0.2, -0.15) is 0 Å². The number of carbonyl (C=O) groups excluding carboxylic acids is 2. The van der Waals surface area contributed by atoms with Crippen molar-refractivity contribution in [2.45, 2.75) is 33.1 Å². The van der Waals surface area contributed by atoms with Gasteiger partial charge in [0.15, 0.2) is 0 Å². The van der Waals surface area contributed by atoms with E-state index in [1.165, 1.54) is 5.56 Å². The molecule has 0 saturated heterocycles. The maximum Gasteiger partial charge on any atom is 0.283 e. The van der Waals surface area contributed by atoms with E-state index in [0.717, 1.165) is 29.7 Å². The van der Waals surface area contributed by atoms with E-state index < -0.39 is 11.8 Å². The third kappa shape index (κ3) is 4.02. The molecule has 3 rings (SSSR count).